The molecular weight excluding hydrogens is 362 g/mol. The van der Waals surface area contributed by atoms with Gasteiger partial charge in [-0.2, -0.15) is 0 Å². The van der Waals surface area contributed by atoms with Gasteiger partial charge in [0, 0.05) is 25.2 Å². The maximum atomic E-state index is 12.6. The number of carbonyl (C=O) groups is 2. The summed E-state index contributed by atoms with van der Waals surface area (Å²) in [6, 6.07) is 17.8. The van der Waals surface area contributed by atoms with Crippen molar-refractivity contribution >= 4 is 17.6 Å². The monoisotopic (exact) mass is 393 g/mol. The van der Waals surface area contributed by atoms with Crippen LogP contribution < -0.4 is 10.6 Å². The van der Waals surface area contributed by atoms with Gasteiger partial charge in [0.1, 0.15) is 0 Å². The van der Waals surface area contributed by atoms with Crippen LogP contribution in [0.3, 0.4) is 0 Å². The highest BCUT2D eigenvalue weighted by Gasteiger charge is 2.24. The second kappa shape index (κ2) is 10.1. The summed E-state index contributed by atoms with van der Waals surface area (Å²) < 4.78 is 0. The lowest BCUT2D eigenvalue weighted by Gasteiger charge is -2.32. The first-order chi connectivity index (χ1) is 14.0. The number of likely N-dealkylation sites (tertiary alicyclic amines) is 1. The van der Waals surface area contributed by atoms with Crippen molar-refractivity contribution in [1.29, 1.82) is 0 Å². The molecule has 0 aromatic heterocycles. The van der Waals surface area contributed by atoms with E-state index in [9.17, 15) is 9.59 Å². The number of aryl methyl sites for hydroxylation is 1. The minimum atomic E-state index is -0.0549. The van der Waals surface area contributed by atoms with Gasteiger partial charge in [-0.25, -0.2) is 4.79 Å². The third kappa shape index (κ3) is 6.34. The molecule has 1 saturated heterocycles. The van der Waals surface area contributed by atoms with Gasteiger partial charge in [0.15, 0.2) is 0 Å². The molecule has 3 amide bonds. The zero-order valence-corrected chi connectivity index (χ0v) is 17.4. The Balaban J connectivity index is 1.43. The van der Waals surface area contributed by atoms with E-state index in [1.165, 1.54) is 5.56 Å². The van der Waals surface area contributed by atoms with E-state index in [1.54, 1.807) is 0 Å². The molecule has 5 nitrogen and oxygen atoms in total. The van der Waals surface area contributed by atoms with Crippen molar-refractivity contribution < 1.29 is 9.59 Å². The lowest BCUT2D eigenvalue weighted by Crippen LogP contribution is -2.42. The van der Waals surface area contributed by atoms with Crippen LogP contribution in [0.4, 0.5) is 10.5 Å². The van der Waals surface area contributed by atoms with Gasteiger partial charge in [0.25, 0.3) is 0 Å². The number of hydrogen-bond acceptors (Lipinski definition) is 2. The fraction of sp³-hybridized carbons (Fsp3) is 0.417. The fourth-order valence-electron chi connectivity index (χ4n) is 3.80. The Hall–Kier alpha value is -2.82. The molecule has 0 spiro atoms. The summed E-state index contributed by atoms with van der Waals surface area (Å²) in [7, 11) is 0. The molecule has 5 heteroatoms. The third-order valence-corrected chi connectivity index (χ3v) is 5.57. The average Bonchev–Trinajstić information content (AvgIpc) is 2.74. The summed E-state index contributed by atoms with van der Waals surface area (Å²) in [5, 5.41) is 6.05. The minimum Gasteiger partial charge on any atom is -0.350 e. The molecule has 1 fully saturated rings. The van der Waals surface area contributed by atoms with Gasteiger partial charge in [-0.1, -0.05) is 48.0 Å². The Morgan fingerprint density at radius 3 is 2.55 bits per heavy atom. The van der Waals surface area contributed by atoms with Gasteiger partial charge in [-0.15, -0.1) is 0 Å². The number of carbonyl (C=O) groups excluding carboxylic acids is 2. The summed E-state index contributed by atoms with van der Waals surface area (Å²) in [6.45, 7) is 5.51. The van der Waals surface area contributed by atoms with Gasteiger partial charge in [0.05, 0.1) is 6.04 Å². The Bertz CT molecular complexity index is 805. The topological polar surface area (TPSA) is 61.4 Å². The van der Waals surface area contributed by atoms with Crippen LogP contribution in [0.5, 0.6) is 0 Å². The molecule has 3 rings (SSSR count). The van der Waals surface area contributed by atoms with E-state index >= 15 is 0 Å². The quantitative estimate of drug-likeness (QED) is 0.733. The first kappa shape index (κ1) is 20.9. The number of urea groups is 1. The first-order valence-corrected chi connectivity index (χ1v) is 10.5. The highest BCUT2D eigenvalue weighted by atomic mass is 16.2. The van der Waals surface area contributed by atoms with Crippen LogP contribution in [0.15, 0.2) is 54.6 Å². The number of nitrogens with zero attached hydrogens (tertiary/aromatic N) is 1. The molecule has 0 saturated carbocycles. The third-order valence-electron chi connectivity index (χ3n) is 5.57. The first-order valence-electron chi connectivity index (χ1n) is 10.5. The van der Waals surface area contributed by atoms with Gasteiger partial charge in [-0.3, -0.25) is 4.79 Å². The summed E-state index contributed by atoms with van der Waals surface area (Å²) in [5.74, 6) is 0.438. The summed E-state index contributed by atoms with van der Waals surface area (Å²) >= 11 is 0. The lowest BCUT2D eigenvalue weighted by molar-refractivity contribution is -0.122. The smallest absolute Gasteiger partial charge is 0.321 e. The molecule has 0 bridgehead atoms. The summed E-state index contributed by atoms with van der Waals surface area (Å²) in [5.41, 5.74) is 3.09. The van der Waals surface area contributed by atoms with Crippen LogP contribution in [0.25, 0.3) is 0 Å². The van der Waals surface area contributed by atoms with Crippen molar-refractivity contribution in [3.8, 4) is 0 Å². The van der Waals surface area contributed by atoms with Crippen molar-refractivity contribution in [2.45, 2.75) is 45.6 Å². The van der Waals surface area contributed by atoms with Gasteiger partial charge < -0.3 is 15.5 Å². The zero-order valence-electron chi connectivity index (χ0n) is 17.4. The van der Waals surface area contributed by atoms with Crippen LogP contribution in [-0.4, -0.2) is 29.9 Å². The molecule has 1 aliphatic heterocycles. The molecular formula is C24H31N3O2. The number of hydrogen-bond donors (Lipinski definition) is 2. The van der Waals surface area contributed by atoms with Crippen LogP contribution in [0, 0.1) is 12.8 Å². The van der Waals surface area contributed by atoms with E-state index < -0.39 is 0 Å². The van der Waals surface area contributed by atoms with E-state index in [0.29, 0.717) is 18.9 Å². The Morgan fingerprint density at radius 1 is 1.10 bits per heavy atom. The van der Waals surface area contributed by atoms with Crippen molar-refractivity contribution in [1.82, 2.24) is 10.2 Å². The van der Waals surface area contributed by atoms with Crippen molar-refractivity contribution in [2.75, 3.05) is 18.4 Å². The normalized spacial score (nSPS) is 17.4. The predicted octanol–water partition coefficient (Wildman–Crippen LogP) is 4.90. The molecule has 154 valence electrons. The fourth-order valence-corrected chi connectivity index (χ4v) is 3.80. The van der Waals surface area contributed by atoms with Crippen molar-refractivity contribution in [2.24, 2.45) is 5.92 Å². The predicted molar refractivity (Wildman–Crippen MR) is 117 cm³/mol. The van der Waals surface area contributed by atoms with E-state index in [-0.39, 0.29) is 18.0 Å². The Morgan fingerprint density at radius 2 is 1.83 bits per heavy atom. The number of amides is 3. The Labute approximate surface area is 173 Å². The number of nitrogens with one attached hydrogen (secondary N) is 2. The number of piperidine rings is 1. The molecule has 0 aliphatic carbocycles. The highest BCUT2D eigenvalue weighted by molar-refractivity contribution is 5.89. The lowest BCUT2D eigenvalue weighted by atomic mass is 9.93. The molecule has 0 radical (unpaired) electrons. The largest absolute Gasteiger partial charge is 0.350 e. The van der Waals surface area contributed by atoms with Crippen LogP contribution in [0.1, 0.15) is 49.8 Å². The molecule has 29 heavy (non-hydrogen) atoms. The van der Waals surface area contributed by atoms with E-state index in [4.69, 9.17) is 0 Å². The minimum absolute atomic E-state index is 0.00633. The van der Waals surface area contributed by atoms with Gasteiger partial charge >= 0.3 is 6.03 Å². The molecule has 2 aromatic rings. The van der Waals surface area contributed by atoms with Crippen LogP contribution in [-0.2, 0) is 4.79 Å². The number of anilines is 1. The zero-order chi connectivity index (χ0) is 20.6. The second-order valence-electron chi connectivity index (χ2n) is 7.99. The van der Waals surface area contributed by atoms with Crippen molar-refractivity contribution in [3.63, 3.8) is 0 Å². The molecule has 1 heterocycles. The average molecular weight is 394 g/mol. The highest BCUT2D eigenvalue weighted by Crippen LogP contribution is 2.22. The number of benzene rings is 2. The van der Waals surface area contributed by atoms with Gasteiger partial charge in [0.2, 0.25) is 5.91 Å². The van der Waals surface area contributed by atoms with E-state index in [1.807, 2.05) is 73.3 Å². The van der Waals surface area contributed by atoms with Crippen molar-refractivity contribution in [3.05, 3.63) is 65.7 Å². The maximum absolute atomic E-state index is 12.6. The van der Waals surface area contributed by atoms with Gasteiger partial charge in [-0.05, 0) is 56.7 Å². The van der Waals surface area contributed by atoms with E-state index in [0.717, 1.165) is 37.1 Å². The van der Waals surface area contributed by atoms with Crippen LogP contribution >= 0.6 is 0 Å². The maximum Gasteiger partial charge on any atom is 0.321 e. The summed E-state index contributed by atoms with van der Waals surface area (Å²) in [4.78, 5) is 26.8. The second-order valence-corrected chi connectivity index (χ2v) is 7.99. The SMILES string of the molecule is Cc1ccc(NC(=O)N2CCC[C@@H](CCC(=O)N[C@H](C)c3ccccc3)C2)cc1. The van der Waals surface area contributed by atoms with Crippen LogP contribution in [0.2, 0.25) is 0 Å². The molecule has 2 N–H and O–H groups in total. The molecule has 2 aromatic carbocycles. The molecule has 1 aliphatic rings. The standard InChI is InChI=1S/C24H31N3O2/c1-18-10-13-22(14-11-18)26-24(29)27-16-6-7-20(17-27)12-15-23(28)25-19(2)21-8-4-3-5-9-21/h3-5,8-11,13-14,19-20H,6-7,12,15-17H2,1-2H3,(H,25,28)(H,26,29)/t19-,20+/m1/s1. The Kier molecular flexibility index (Phi) is 7.28. The molecule has 2 atom stereocenters. The molecule has 0 unspecified atom stereocenters. The van der Waals surface area contributed by atoms with E-state index in [2.05, 4.69) is 10.6 Å². The summed E-state index contributed by atoms with van der Waals surface area (Å²) in [6.07, 6.45) is 3.35. The number of rotatable bonds is 6.